The third-order valence-electron chi connectivity index (χ3n) is 3.32. The third kappa shape index (κ3) is 2.74. The molecule has 110 valence electrons. The standard InChI is InChI=1S/C15H17N3O3/c1-10(2)18-15(16-9-17-18)8-12(19)11-3-4-13-14(7-11)21-6-5-20-13/h3-4,7,9-10H,5-6,8H2,1-2H3. The lowest BCUT2D eigenvalue weighted by Crippen LogP contribution is -2.16. The molecule has 0 saturated carbocycles. The number of hydrogen-bond acceptors (Lipinski definition) is 5. The summed E-state index contributed by atoms with van der Waals surface area (Å²) in [5, 5.41) is 4.14. The van der Waals surface area contributed by atoms with Crippen LogP contribution in [0, 0.1) is 0 Å². The van der Waals surface area contributed by atoms with Crippen LogP contribution in [-0.4, -0.2) is 33.8 Å². The fraction of sp³-hybridized carbons (Fsp3) is 0.400. The number of ketones is 1. The molecule has 21 heavy (non-hydrogen) atoms. The molecule has 1 aliphatic heterocycles. The zero-order chi connectivity index (χ0) is 14.8. The second kappa shape index (κ2) is 5.55. The first-order valence-corrected chi connectivity index (χ1v) is 6.96. The Labute approximate surface area is 122 Å². The summed E-state index contributed by atoms with van der Waals surface area (Å²) in [7, 11) is 0. The first-order chi connectivity index (χ1) is 10.1. The number of aromatic nitrogens is 3. The molecule has 1 aliphatic rings. The van der Waals surface area contributed by atoms with Gasteiger partial charge in [-0.3, -0.25) is 4.79 Å². The van der Waals surface area contributed by atoms with Gasteiger partial charge >= 0.3 is 0 Å². The Morgan fingerprint density at radius 3 is 2.81 bits per heavy atom. The van der Waals surface area contributed by atoms with Gasteiger partial charge in [0.1, 0.15) is 25.4 Å². The number of ether oxygens (including phenoxy) is 2. The van der Waals surface area contributed by atoms with E-state index >= 15 is 0 Å². The maximum Gasteiger partial charge on any atom is 0.170 e. The van der Waals surface area contributed by atoms with Gasteiger partial charge < -0.3 is 9.47 Å². The molecule has 6 heteroatoms. The van der Waals surface area contributed by atoms with Crippen LogP contribution in [0.4, 0.5) is 0 Å². The molecule has 0 aliphatic carbocycles. The quantitative estimate of drug-likeness (QED) is 0.805. The molecule has 2 heterocycles. The molecule has 2 aromatic rings. The van der Waals surface area contributed by atoms with Crippen molar-refractivity contribution in [1.29, 1.82) is 0 Å². The Kier molecular flexibility index (Phi) is 3.60. The van der Waals surface area contributed by atoms with Gasteiger partial charge in [0, 0.05) is 11.6 Å². The summed E-state index contributed by atoms with van der Waals surface area (Å²) >= 11 is 0. The molecule has 0 spiro atoms. The van der Waals surface area contributed by atoms with Crippen LogP contribution in [0.2, 0.25) is 0 Å². The highest BCUT2D eigenvalue weighted by atomic mass is 16.6. The SMILES string of the molecule is CC(C)n1ncnc1CC(=O)c1ccc2c(c1)OCCO2. The van der Waals surface area contributed by atoms with Crippen molar-refractivity contribution in [1.82, 2.24) is 14.8 Å². The number of Topliss-reactive ketones (excluding diaryl/α,β-unsaturated/α-hetero) is 1. The van der Waals surface area contributed by atoms with Crippen molar-refractivity contribution in [2.75, 3.05) is 13.2 Å². The number of hydrogen-bond donors (Lipinski definition) is 0. The zero-order valence-electron chi connectivity index (χ0n) is 12.1. The van der Waals surface area contributed by atoms with E-state index in [4.69, 9.17) is 9.47 Å². The molecule has 0 saturated heterocycles. The van der Waals surface area contributed by atoms with Crippen LogP contribution in [0.15, 0.2) is 24.5 Å². The van der Waals surface area contributed by atoms with Crippen molar-refractivity contribution in [3.8, 4) is 11.5 Å². The molecule has 0 amide bonds. The van der Waals surface area contributed by atoms with Crippen molar-refractivity contribution in [3.05, 3.63) is 35.9 Å². The number of carbonyl (C=O) groups is 1. The van der Waals surface area contributed by atoms with E-state index in [1.54, 1.807) is 22.9 Å². The van der Waals surface area contributed by atoms with Crippen molar-refractivity contribution in [3.63, 3.8) is 0 Å². The predicted molar refractivity (Wildman–Crippen MR) is 75.9 cm³/mol. The normalized spacial score (nSPS) is 13.5. The lowest BCUT2D eigenvalue weighted by Gasteiger charge is -2.18. The van der Waals surface area contributed by atoms with E-state index in [9.17, 15) is 4.79 Å². The topological polar surface area (TPSA) is 66.2 Å². The van der Waals surface area contributed by atoms with Gasteiger partial charge in [-0.15, -0.1) is 0 Å². The summed E-state index contributed by atoms with van der Waals surface area (Å²) < 4.78 is 12.7. The van der Waals surface area contributed by atoms with E-state index in [0.29, 0.717) is 36.1 Å². The average molecular weight is 287 g/mol. The van der Waals surface area contributed by atoms with Gasteiger partial charge in [-0.1, -0.05) is 0 Å². The molecular weight excluding hydrogens is 270 g/mol. The van der Waals surface area contributed by atoms with Crippen LogP contribution in [0.3, 0.4) is 0 Å². The molecule has 6 nitrogen and oxygen atoms in total. The fourth-order valence-corrected chi connectivity index (χ4v) is 2.29. The van der Waals surface area contributed by atoms with Gasteiger partial charge in [0.15, 0.2) is 17.3 Å². The molecule has 0 radical (unpaired) electrons. The second-order valence-corrected chi connectivity index (χ2v) is 5.17. The van der Waals surface area contributed by atoms with Crippen LogP contribution >= 0.6 is 0 Å². The highest BCUT2D eigenvalue weighted by Gasteiger charge is 2.17. The molecule has 0 fully saturated rings. The first kappa shape index (κ1) is 13.6. The number of rotatable bonds is 4. The summed E-state index contributed by atoms with van der Waals surface area (Å²) in [6.45, 7) is 5.06. The first-order valence-electron chi connectivity index (χ1n) is 6.96. The maximum atomic E-state index is 12.4. The number of fused-ring (bicyclic) bond motifs is 1. The largest absolute Gasteiger partial charge is 0.486 e. The monoisotopic (exact) mass is 287 g/mol. The van der Waals surface area contributed by atoms with Gasteiger partial charge in [0.2, 0.25) is 0 Å². The van der Waals surface area contributed by atoms with Crippen LogP contribution < -0.4 is 9.47 Å². The van der Waals surface area contributed by atoms with Crippen molar-refractivity contribution < 1.29 is 14.3 Å². The summed E-state index contributed by atoms with van der Waals surface area (Å²) in [5.74, 6) is 1.97. The smallest absolute Gasteiger partial charge is 0.170 e. The van der Waals surface area contributed by atoms with Gasteiger partial charge in [-0.2, -0.15) is 5.10 Å². The molecule has 0 atom stereocenters. The molecule has 0 bridgehead atoms. The van der Waals surface area contributed by atoms with E-state index < -0.39 is 0 Å². The Morgan fingerprint density at radius 1 is 1.29 bits per heavy atom. The highest BCUT2D eigenvalue weighted by Crippen LogP contribution is 2.31. The average Bonchev–Trinajstić information content (AvgIpc) is 2.95. The summed E-state index contributed by atoms with van der Waals surface area (Å²) in [4.78, 5) is 16.6. The van der Waals surface area contributed by atoms with Gasteiger partial charge in [-0.25, -0.2) is 9.67 Å². The van der Waals surface area contributed by atoms with Crippen molar-refractivity contribution in [2.45, 2.75) is 26.3 Å². The van der Waals surface area contributed by atoms with Crippen LogP contribution in [0.25, 0.3) is 0 Å². The van der Waals surface area contributed by atoms with Gasteiger partial charge in [0.25, 0.3) is 0 Å². The summed E-state index contributed by atoms with van der Waals surface area (Å²) in [6.07, 6.45) is 1.70. The van der Waals surface area contributed by atoms with Crippen LogP contribution in [0.1, 0.15) is 36.1 Å². The minimum Gasteiger partial charge on any atom is -0.486 e. The van der Waals surface area contributed by atoms with Crippen molar-refractivity contribution >= 4 is 5.78 Å². The van der Waals surface area contributed by atoms with Crippen LogP contribution in [-0.2, 0) is 6.42 Å². The van der Waals surface area contributed by atoms with Crippen LogP contribution in [0.5, 0.6) is 11.5 Å². The van der Waals surface area contributed by atoms with E-state index in [1.807, 2.05) is 13.8 Å². The predicted octanol–water partition coefficient (Wildman–Crippen LogP) is 2.06. The fourth-order valence-electron chi connectivity index (χ4n) is 2.29. The molecular formula is C15H17N3O3. The van der Waals surface area contributed by atoms with E-state index in [-0.39, 0.29) is 18.2 Å². The Morgan fingerprint density at radius 2 is 2.05 bits per heavy atom. The summed E-state index contributed by atoms with van der Waals surface area (Å²) in [5.41, 5.74) is 0.595. The molecule has 1 aromatic carbocycles. The number of carbonyl (C=O) groups excluding carboxylic acids is 1. The number of nitrogens with zero attached hydrogens (tertiary/aromatic N) is 3. The van der Waals surface area contributed by atoms with Gasteiger partial charge in [0.05, 0.1) is 6.42 Å². The minimum absolute atomic E-state index is 0.0122. The maximum absolute atomic E-state index is 12.4. The molecule has 1 aromatic heterocycles. The Hall–Kier alpha value is -2.37. The molecule has 0 unspecified atom stereocenters. The lowest BCUT2D eigenvalue weighted by atomic mass is 10.1. The summed E-state index contributed by atoms with van der Waals surface area (Å²) in [6, 6.07) is 5.43. The Bertz CT molecular complexity index is 664. The minimum atomic E-state index is -0.0122. The second-order valence-electron chi connectivity index (χ2n) is 5.17. The Balaban J connectivity index is 1.80. The van der Waals surface area contributed by atoms with E-state index in [1.165, 1.54) is 6.33 Å². The third-order valence-corrected chi connectivity index (χ3v) is 3.32. The zero-order valence-corrected chi connectivity index (χ0v) is 12.1. The number of benzene rings is 1. The molecule has 3 rings (SSSR count). The molecule has 0 N–H and O–H groups in total. The van der Waals surface area contributed by atoms with E-state index in [0.717, 1.165) is 0 Å². The van der Waals surface area contributed by atoms with Crippen molar-refractivity contribution in [2.24, 2.45) is 0 Å². The lowest BCUT2D eigenvalue weighted by molar-refractivity contribution is 0.0987. The van der Waals surface area contributed by atoms with Gasteiger partial charge in [-0.05, 0) is 32.0 Å². The highest BCUT2D eigenvalue weighted by molar-refractivity contribution is 5.97. The van der Waals surface area contributed by atoms with E-state index in [2.05, 4.69) is 10.1 Å².